The third-order valence-electron chi connectivity index (χ3n) is 10.8. The summed E-state index contributed by atoms with van der Waals surface area (Å²) in [5, 5.41) is 12.0. The van der Waals surface area contributed by atoms with Crippen molar-refractivity contribution in [2.75, 3.05) is 6.54 Å². The summed E-state index contributed by atoms with van der Waals surface area (Å²) < 4.78 is 6.06. The number of carbonyl (C=O) groups excluding carboxylic acids is 2. The van der Waals surface area contributed by atoms with Crippen molar-refractivity contribution < 1.29 is 24.2 Å². The number of rotatable bonds is 43. The molecule has 4 N–H and O–H groups in total. The van der Waals surface area contributed by atoms with Crippen molar-refractivity contribution in [2.24, 2.45) is 5.73 Å². The van der Waals surface area contributed by atoms with E-state index in [1.54, 1.807) is 0 Å². The van der Waals surface area contributed by atoms with E-state index in [0.29, 0.717) is 32.2 Å². The van der Waals surface area contributed by atoms with E-state index in [4.69, 9.17) is 10.5 Å². The molecule has 0 saturated heterocycles. The Morgan fingerprint density at radius 3 is 1.42 bits per heavy atom. The van der Waals surface area contributed by atoms with Crippen LogP contribution in [0.25, 0.3) is 0 Å². The monoisotopic (exact) mass is 775 g/mol. The highest BCUT2D eigenvalue weighted by Crippen LogP contribution is 2.19. The van der Waals surface area contributed by atoms with Crippen LogP contribution in [0.2, 0.25) is 0 Å². The van der Waals surface area contributed by atoms with Gasteiger partial charge in [-0.3, -0.25) is 9.59 Å². The third-order valence-corrected chi connectivity index (χ3v) is 10.8. The highest BCUT2D eigenvalue weighted by molar-refractivity contribution is 5.83. The van der Waals surface area contributed by atoms with Crippen LogP contribution in [0.5, 0.6) is 0 Å². The Labute approximate surface area is 340 Å². The van der Waals surface area contributed by atoms with E-state index < -0.39 is 12.0 Å². The normalized spacial score (nSPS) is 12.8. The number of ether oxygens (including phenoxy) is 1. The Balaban J connectivity index is 4.26. The lowest BCUT2D eigenvalue weighted by Gasteiger charge is -2.18. The lowest BCUT2D eigenvalue weighted by atomic mass is 10.0. The predicted molar refractivity (Wildman–Crippen MR) is 234 cm³/mol. The van der Waals surface area contributed by atoms with E-state index in [1.165, 1.54) is 135 Å². The van der Waals surface area contributed by atoms with Crippen LogP contribution in [-0.2, 0) is 19.1 Å². The molecule has 0 aromatic carbocycles. The summed E-state index contributed by atoms with van der Waals surface area (Å²) in [5.74, 6) is -1.23. The molecule has 0 aliphatic rings. The summed E-state index contributed by atoms with van der Waals surface area (Å²) in [6.07, 6.45) is 49.4. The van der Waals surface area contributed by atoms with Crippen LogP contribution in [0.1, 0.15) is 245 Å². The first-order valence-corrected chi connectivity index (χ1v) is 23.7. The molecule has 55 heavy (non-hydrogen) atoms. The highest BCUT2D eigenvalue weighted by atomic mass is 16.5. The van der Waals surface area contributed by atoms with E-state index in [2.05, 4.69) is 43.5 Å². The number of nitrogens with one attached hydrogen (secondary N) is 1. The lowest BCUT2D eigenvalue weighted by Crippen LogP contribution is -2.40. The van der Waals surface area contributed by atoms with Crippen LogP contribution in [0, 0.1) is 0 Å². The van der Waals surface area contributed by atoms with Gasteiger partial charge in [-0.1, -0.05) is 173 Å². The molecule has 0 bridgehead atoms. The molecule has 2 atom stereocenters. The van der Waals surface area contributed by atoms with Gasteiger partial charge in [-0.25, -0.2) is 4.79 Å². The van der Waals surface area contributed by atoms with Gasteiger partial charge < -0.3 is 20.9 Å². The second-order valence-corrected chi connectivity index (χ2v) is 16.2. The summed E-state index contributed by atoms with van der Waals surface area (Å²) in [5.41, 5.74) is 5.49. The van der Waals surface area contributed by atoms with Crippen molar-refractivity contribution in [3.63, 3.8) is 0 Å². The summed E-state index contributed by atoms with van der Waals surface area (Å²) in [6, 6.07) is -0.855. The predicted octanol–water partition coefficient (Wildman–Crippen LogP) is 13.6. The topological polar surface area (TPSA) is 119 Å². The van der Waals surface area contributed by atoms with Crippen LogP contribution >= 0.6 is 0 Å². The molecule has 7 heteroatoms. The van der Waals surface area contributed by atoms with Gasteiger partial charge in [0.2, 0.25) is 5.91 Å². The number of hydrogen-bond donors (Lipinski definition) is 3. The number of nitrogens with two attached hydrogens (primary N) is 1. The summed E-state index contributed by atoms with van der Waals surface area (Å²) >= 11 is 0. The quantitative estimate of drug-likeness (QED) is 0.0322. The van der Waals surface area contributed by atoms with Gasteiger partial charge >= 0.3 is 11.9 Å². The van der Waals surface area contributed by atoms with Gasteiger partial charge in [0.05, 0.1) is 0 Å². The van der Waals surface area contributed by atoms with E-state index in [9.17, 15) is 19.5 Å². The van der Waals surface area contributed by atoms with Crippen molar-refractivity contribution in [1.29, 1.82) is 0 Å². The molecule has 0 aliphatic heterocycles. The van der Waals surface area contributed by atoms with Crippen molar-refractivity contribution in [2.45, 2.75) is 257 Å². The molecule has 0 saturated carbocycles. The Morgan fingerprint density at radius 2 is 0.945 bits per heavy atom. The highest BCUT2D eigenvalue weighted by Gasteiger charge is 2.19. The molecule has 0 radical (unpaired) electrons. The van der Waals surface area contributed by atoms with Crippen molar-refractivity contribution in [3.8, 4) is 0 Å². The number of allylic oxidation sites excluding steroid dienone is 4. The molecule has 322 valence electrons. The second kappa shape index (κ2) is 43.0. The first-order chi connectivity index (χ1) is 26.9. The minimum atomic E-state index is -1.00. The smallest absolute Gasteiger partial charge is 0.326 e. The number of carboxylic acid groups (broad SMARTS) is 1. The fraction of sp³-hybridized carbons (Fsp3) is 0.854. The van der Waals surface area contributed by atoms with Gasteiger partial charge in [0.15, 0.2) is 0 Å². The van der Waals surface area contributed by atoms with Crippen LogP contribution in [-0.4, -0.2) is 41.6 Å². The first kappa shape index (κ1) is 52.9. The van der Waals surface area contributed by atoms with Crippen LogP contribution in [0.4, 0.5) is 0 Å². The van der Waals surface area contributed by atoms with Gasteiger partial charge in [0.25, 0.3) is 0 Å². The van der Waals surface area contributed by atoms with Gasteiger partial charge in [0, 0.05) is 12.8 Å². The first-order valence-electron chi connectivity index (χ1n) is 23.7. The summed E-state index contributed by atoms with van der Waals surface area (Å²) in [4.78, 5) is 36.4. The molecule has 0 aromatic rings. The van der Waals surface area contributed by atoms with Crippen LogP contribution in [0.3, 0.4) is 0 Å². The minimum absolute atomic E-state index is 0.0129. The van der Waals surface area contributed by atoms with E-state index in [1.807, 2.05) is 0 Å². The van der Waals surface area contributed by atoms with Crippen molar-refractivity contribution in [3.05, 3.63) is 24.3 Å². The molecule has 2 unspecified atom stereocenters. The fourth-order valence-electron chi connectivity index (χ4n) is 7.19. The SMILES string of the molecule is CCCCCC/C=C\C/C=C\CCCCCCCCCC(=O)OC(CCCCCCCCCCCCC)CCCCCCCC(=O)NC(CCCN)C(=O)O. The molecule has 7 nitrogen and oxygen atoms in total. The maximum absolute atomic E-state index is 12.8. The van der Waals surface area contributed by atoms with Gasteiger partial charge in [0.1, 0.15) is 12.1 Å². The molecule has 0 aromatic heterocycles. The second-order valence-electron chi connectivity index (χ2n) is 16.2. The average molecular weight is 775 g/mol. The van der Waals surface area contributed by atoms with Crippen LogP contribution in [0.15, 0.2) is 24.3 Å². The zero-order chi connectivity index (χ0) is 40.3. The number of unbranched alkanes of at least 4 members (excludes halogenated alkanes) is 25. The zero-order valence-electron chi connectivity index (χ0n) is 36.3. The molecule has 0 rings (SSSR count). The molecule has 0 spiro atoms. The largest absolute Gasteiger partial charge is 0.480 e. The lowest BCUT2D eigenvalue weighted by molar-refractivity contribution is -0.150. The molecular formula is C48H90N2O5. The summed E-state index contributed by atoms with van der Waals surface area (Å²) in [6.45, 7) is 4.94. The van der Waals surface area contributed by atoms with Crippen molar-refractivity contribution in [1.82, 2.24) is 5.32 Å². The minimum Gasteiger partial charge on any atom is -0.480 e. The Morgan fingerprint density at radius 1 is 0.527 bits per heavy atom. The van der Waals surface area contributed by atoms with E-state index in [-0.39, 0.29) is 18.0 Å². The summed E-state index contributed by atoms with van der Waals surface area (Å²) in [7, 11) is 0. The molecule has 0 aliphatic carbocycles. The van der Waals surface area contributed by atoms with E-state index in [0.717, 1.165) is 70.6 Å². The zero-order valence-corrected chi connectivity index (χ0v) is 36.3. The number of hydrogen-bond acceptors (Lipinski definition) is 5. The number of amides is 1. The average Bonchev–Trinajstić information content (AvgIpc) is 3.17. The fourth-order valence-corrected chi connectivity index (χ4v) is 7.19. The number of esters is 1. The Bertz CT molecular complexity index is 920. The molecular weight excluding hydrogens is 685 g/mol. The molecule has 1 amide bonds. The number of carboxylic acids is 1. The molecule has 0 fully saturated rings. The van der Waals surface area contributed by atoms with Gasteiger partial charge in [-0.05, 0) is 90.0 Å². The maximum Gasteiger partial charge on any atom is 0.326 e. The molecule has 0 heterocycles. The Kier molecular flexibility index (Phi) is 41.3. The number of aliphatic carboxylic acids is 1. The Hall–Kier alpha value is -2.15. The van der Waals surface area contributed by atoms with E-state index >= 15 is 0 Å². The standard InChI is InChI=1S/C48H90N2O5/c1-3-5-7-9-11-13-15-16-17-18-19-20-21-23-25-27-32-36-42-47(52)55-44(38-33-29-26-24-22-14-12-10-8-6-4-2)39-34-30-28-31-35-41-46(51)50-45(48(53)54)40-37-43-49/h13,15,17-18,44-45H,3-12,14,16,19-43,49H2,1-2H3,(H,50,51)(H,53,54)/b15-13-,18-17-. The van der Waals surface area contributed by atoms with Crippen molar-refractivity contribution >= 4 is 17.8 Å². The number of carbonyl (C=O) groups is 3. The maximum atomic E-state index is 12.8. The third kappa shape index (κ3) is 39.9. The van der Waals surface area contributed by atoms with Gasteiger partial charge in [-0.2, -0.15) is 0 Å². The van der Waals surface area contributed by atoms with Crippen LogP contribution < -0.4 is 11.1 Å². The van der Waals surface area contributed by atoms with Gasteiger partial charge in [-0.15, -0.1) is 0 Å².